The number of carbonyl (C=O) groups excluding carboxylic acids is 1. The van der Waals surface area contributed by atoms with E-state index < -0.39 is 0 Å². The van der Waals surface area contributed by atoms with Crippen LogP contribution in [0, 0.1) is 6.92 Å². The Morgan fingerprint density at radius 2 is 2.20 bits per heavy atom. The second-order valence-corrected chi connectivity index (χ2v) is 6.19. The lowest BCUT2D eigenvalue weighted by molar-refractivity contribution is -0.683. The van der Waals surface area contributed by atoms with E-state index in [1.54, 1.807) is 16.8 Å². The predicted molar refractivity (Wildman–Crippen MR) is 96.7 cm³/mol. The van der Waals surface area contributed by atoms with Gasteiger partial charge in [0.05, 0.1) is 6.04 Å². The van der Waals surface area contributed by atoms with E-state index in [0.717, 1.165) is 12.0 Å². The summed E-state index contributed by atoms with van der Waals surface area (Å²) in [4.78, 5) is 30.0. The molecule has 3 heterocycles. The SMILES string of the molecule is CC[C@H](C)[n+]1c(N)c(C(=O)NC)cc2c(=O)n3cccc(C)c3nc21. The van der Waals surface area contributed by atoms with Crippen molar-refractivity contribution < 1.29 is 9.36 Å². The van der Waals surface area contributed by atoms with Gasteiger partial charge in [0.1, 0.15) is 10.9 Å². The number of nitrogen functional groups attached to an aromatic ring is 1. The first-order chi connectivity index (χ1) is 11.9. The molecule has 7 heteroatoms. The van der Waals surface area contributed by atoms with Crippen molar-refractivity contribution in [2.24, 2.45) is 0 Å². The van der Waals surface area contributed by atoms with Crippen LogP contribution in [0.2, 0.25) is 0 Å². The van der Waals surface area contributed by atoms with Crippen molar-refractivity contribution in [1.82, 2.24) is 14.7 Å². The standard InChI is InChI=1S/C18H21N5O2/c1-5-11(3)23-14(19)12(17(24)20-4)9-13-16(23)21-15-10(2)7-6-8-22(15)18(13)25/h6-9,11,19H,5H2,1-4H3,(H,20,24)/p+1/t11-/m0/s1. The summed E-state index contributed by atoms with van der Waals surface area (Å²) in [5, 5.41) is 2.95. The second-order valence-electron chi connectivity index (χ2n) is 6.19. The predicted octanol–water partition coefficient (Wildman–Crippen LogP) is 1.36. The van der Waals surface area contributed by atoms with Crippen LogP contribution in [-0.4, -0.2) is 22.3 Å². The summed E-state index contributed by atoms with van der Waals surface area (Å²) in [6, 6.07) is 5.23. The number of aryl methyl sites for hydroxylation is 1. The molecule has 130 valence electrons. The Balaban J connectivity index is 2.57. The third-order valence-electron chi connectivity index (χ3n) is 4.62. The summed E-state index contributed by atoms with van der Waals surface area (Å²) in [7, 11) is 1.54. The molecule has 3 N–H and O–H groups in total. The topological polar surface area (TPSA) is 93.4 Å². The summed E-state index contributed by atoms with van der Waals surface area (Å²) in [6.45, 7) is 5.92. The number of amides is 1. The maximum Gasteiger partial charge on any atom is 0.278 e. The number of rotatable bonds is 3. The molecule has 1 atom stereocenters. The van der Waals surface area contributed by atoms with Crippen molar-refractivity contribution >= 4 is 28.4 Å². The van der Waals surface area contributed by atoms with Gasteiger partial charge in [0.25, 0.3) is 17.1 Å². The number of anilines is 1. The van der Waals surface area contributed by atoms with Crippen LogP contribution in [0.25, 0.3) is 16.7 Å². The van der Waals surface area contributed by atoms with Gasteiger partial charge in [-0.3, -0.25) is 14.0 Å². The van der Waals surface area contributed by atoms with Crippen LogP contribution < -0.4 is 21.2 Å². The van der Waals surface area contributed by atoms with Gasteiger partial charge in [0.2, 0.25) is 11.5 Å². The van der Waals surface area contributed by atoms with Crippen molar-refractivity contribution in [2.45, 2.75) is 33.2 Å². The summed E-state index contributed by atoms with van der Waals surface area (Å²) in [5.41, 5.74) is 8.33. The van der Waals surface area contributed by atoms with E-state index in [1.165, 1.54) is 17.5 Å². The highest BCUT2D eigenvalue weighted by atomic mass is 16.1. The van der Waals surface area contributed by atoms with Gasteiger partial charge in [0.15, 0.2) is 0 Å². The molecule has 0 fully saturated rings. The van der Waals surface area contributed by atoms with Crippen LogP contribution in [-0.2, 0) is 0 Å². The van der Waals surface area contributed by atoms with Crippen LogP contribution in [0.15, 0.2) is 29.2 Å². The molecule has 0 spiro atoms. The molecule has 3 rings (SSSR count). The van der Waals surface area contributed by atoms with Crippen LogP contribution in [0.4, 0.5) is 5.82 Å². The number of carbonyl (C=O) groups is 1. The first kappa shape index (κ1) is 16.9. The molecule has 1 amide bonds. The largest absolute Gasteiger partial charge is 0.355 e. The van der Waals surface area contributed by atoms with E-state index in [2.05, 4.69) is 5.32 Å². The molecule has 0 saturated carbocycles. The Bertz CT molecular complexity index is 1050. The average Bonchev–Trinajstić information content (AvgIpc) is 2.61. The molecule has 0 radical (unpaired) electrons. The molecule has 3 aromatic heterocycles. The van der Waals surface area contributed by atoms with Gasteiger partial charge in [-0.1, -0.05) is 18.0 Å². The minimum absolute atomic E-state index is 0.00882. The number of hydrogen-bond donors (Lipinski definition) is 2. The lowest BCUT2D eigenvalue weighted by Crippen LogP contribution is -2.45. The Labute approximate surface area is 145 Å². The summed E-state index contributed by atoms with van der Waals surface area (Å²) < 4.78 is 3.29. The van der Waals surface area contributed by atoms with Crippen molar-refractivity contribution in [3.63, 3.8) is 0 Å². The third-order valence-corrected chi connectivity index (χ3v) is 4.62. The third kappa shape index (κ3) is 2.52. The molecule has 0 saturated heterocycles. The van der Waals surface area contributed by atoms with E-state index in [0.29, 0.717) is 22.5 Å². The maximum absolute atomic E-state index is 13.0. The fourth-order valence-electron chi connectivity index (χ4n) is 3.02. The Kier molecular flexibility index (Phi) is 4.16. The molecular formula is C18H22N5O2+. The molecule has 0 bridgehead atoms. The number of fused-ring (bicyclic) bond motifs is 2. The lowest BCUT2D eigenvalue weighted by Gasteiger charge is -2.16. The Morgan fingerprint density at radius 1 is 1.48 bits per heavy atom. The lowest BCUT2D eigenvalue weighted by atomic mass is 10.1. The van der Waals surface area contributed by atoms with E-state index >= 15 is 0 Å². The Hall–Kier alpha value is -2.96. The van der Waals surface area contributed by atoms with Gasteiger partial charge in [0, 0.05) is 18.8 Å². The molecule has 0 aliphatic rings. The summed E-state index contributed by atoms with van der Waals surface area (Å²) in [6.07, 6.45) is 2.47. The highest BCUT2D eigenvalue weighted by Gasteiger charge is 2.26. The molecule has 0 aromatic carbocycles. The monoisotopic (exact) mass is 340 g/mol. The average molecular weight is 340 g/mol. The quantitative estimate of drug-likeness (QED) is 0.556. The zero-order valence-electron chi connectivity index (χ0n) is 14.8. The normalized spacial score (nSPS) is 12.5. The zero-order valence-corrected chi connectivity index (χ0v) is 14.8. The van der Waals surface area contributed by atoms with Crippen LogP contribution in [0.3, 0.4) is 0 Å². The van der Waals surface area contributed by atoms with Gasteiger partial charge in [-0.05, 0) is 32.4 Å². The van der Waals surface area contributed by atoms with E-state index in [9.17, 15) is 9.59 Å². The first-order valence-electron chi connectivity index (χ1n) is 8.28. The number of nitrogens with two attached hydrogens (primary N) is 1. The molecule has 7 nitrogen and oxygen atoms in total. The smallest absolute Gasteiger partial charge is 0.278 e. The molecular weight excluding hydrogens is 318 g/mol. The highest BCUT2D eigenvalue weighted by Crippen LogP contribution is 2.18. The van der Waals surface area contributed by atoms with Crippen LogP contribution in [0.5, 0.6) is 0 Å². The fraction of sp³-hybridized carbons (Fsp3) is 0.333. The van der Waals surface area contributed by atoms with E-state index in [1.807, 2.05) is 26.8 Å². The van der Waals surface area contributed by atoms with Crippen LogP contribution in [0.1, 0.15) is 42.2 Å². The van der Waals surface area contributed by atoms with Gasteiger partial charge in [-0.15, -0.1) is 0 Å². The number of nitrogens with one attached hydrogen (secondary N) is 1. The van der Waals surface area contributed by atoms with Crippen LogP contribution >= 0.6 is 0 Å². The maximum atomic E-state index is 13.0. The molecule has 0 aliphatic heterocycles. The van der Waals surface area contributed by atoms with Gasteiger partial charge >= 0.3 is 0 Å². The molecule has 0 unspecified atom stereocenters. The zero-order chi connectivity index (χ0) is 18.3. The number of hydrogen-bond acceptors (Lipinski definition) is 4. The van der Waals surface area contributed by atoms with Crippen molar-refractivity contribution in [2.75, 3.05) is 12.8 Å². The minimum Gasteiger partial charge on any atom is -0.355 e. The molecule has 3 aromatic rings. The highest BCUT2D eigenvalue weighted by molar-refractivity contribution is 6.00. The van der Waals surface area contributed by atoms with E-state index in [-0.39, 0.29) is 23.1 Å². The number of aromatic nitrogens is 3. The summed E-state index contributed by atoms with van der Waals surface area (Å²) in [5.74, 6) is -0.0174. The number of nitrogens with zero attached hydrogens (tertiary/aromatic N) is 3. The summed E-state index contributed by atoms with van der Waals surface area (Å²) >= 11 is 0. The van der Waals surface area contributed by atoms with Crippen molar-refractivity contribution in [1.29, 1.82) is 0 Å². The molecule has 0 aliphatic carbocycles. The van der Waals surface area contributed by atoms with Gasteiger partial charge < -0.3 is 11.1 Å². The van der Waals surface area contributed by atoms with Gasteiger partial charge in [-0.2, -0.15) is 0 Å². The van der Waals surface area contributed by atoms with E-state index in [4.69, 9.17) is 10.7 Å². The van der Waals surface area contributed by atoms with Crippen molar-refractivity contribution in [3.05, 3.63) is 45.9 Å². The second kappa shape index (κ2) is 6.16. The van der Waals surface area contributed by atoms with Gasteiger partial charge in [-0.25, -0.2) is 4.57 Å². The number of pyridine rings is 2. The van der Waals surface area contributed by atoms with Crippen molar-refractivity contribution in [3.8, 4) is 0 Å². The first-order valence-corrected chi connectivity index (χ1v) is 8.28. The molecule has 25 heavy (non-hydrogen) atoms. The minimum atomic E-state index is -0.329. The fourth-order valence-corrected chi connectivity index (χ4v) is 3.02. The Morgan fingerprint density at radius 3 is 2.84 bits per heavy atom.